The van der Waals surface area contributed by atoms with Gasteiger partial charge in [-0.15, -0.1) is 0 Å². The molecular weight excluding hydrogens is 389 g/mol. The lowest BCUT2D eigenvalue weighted by Crippen LogP contribution is -2.43. The maximum absolute atomic E-state index is 14.1. The number of benzene rings is 1. The number of aromatic nitrogens is 1. The van der Waals surface area contributed by atoms with Crippen LogP contribution in [0.3, 0.4) is 0 Å². The number of piperidine rings is 1. The fourth-order valence-electron chi connectivity index (χ4n) is 4.29. The summed E-state index contributed by atoms with van der Waals surface area (Å²) in [6.07, 6.45) is 6.76. The number of hydrogen-bond donors (Lipinski definition) is 1. The first-order chi connectivity index (χ1) is 14.1. The van der Waals surface area contributed by atoms with Crippen molar-refractivity contribution in [1.29, 1.82) is 0 Å². The highest BCUT2D eigenvalue weighted by Gasteiger charge is 2.33. The maximum Gasteiger partial charge on any atom is 0.223 e. The van der Waals surface area contributed by atoms with Crippen molar-refractivity contribution >= 4 is 17.5 Å². The molecular formula is C23H27ClFN3O. The van der Waals surface area contributed by atoms with Crippen LogP contribution in [0, 0.1) is 17.7 Å². The Labute approximate surface area is 176 Å². The van der Waals surface area contributed by atoms with Crippen molar-refractivity contribution in [2.75, 3.05) is 13.1 Å². The average Bonchev–Trinajstić information content (AvgIpc) is 2.69. The number of rotatable bonds is 6. The molecule has 1 saturated carbocycles. The van der Waals surface area contributed by atoms with Crippen LogP contribution in [0.15, 0.2) is 42.6 Å². The van der Waals surface area contributed by atoms with Gasteiger partial charge in [0.05, 0.1) is 11.7 Å². The van der Waals surface area contributed by atoms with Crippen molar-refractivity contribution in [3.05, 3.63) is 64.7 Å². The molecule has 4 rings (SSSR count). The Kier molecular flexibility index (Phi) is 6.46. The maximum atomic E-state index is 14.1. The summed E-state index contributed by atoms with van der Waals surface area (Å²) in [5.74, 6) is 0.386. The molecule has 0 spiro atoms. The van der Waals surface area contributed by atoms with E-state index in [0.717, 1.165) is 50.9 Å². The van der Waals surface area contributed by atoms with Crippen molar-refractivity contribution in [3.8, 4) is 0 Å². The molecule has 0 bridgehead atoms. The smallest absolute Gasteiger partial charge is 0.223 e. The van der Waals surface area contributed by atoms with Gasteiger partial charge in [-0.3, -0.25) is 14.7 Å². The molecule has 1 aliphatic heterocycles. The number of pyridine rings is 1. The van der Waals surface area contributed by atoms with E-state index in [1.54, 1.807) is 18.3 Å². The molecule has 4 nitrogen and oxygen atoms in total. The third-order valence-electron chi connectivity index (χ3n) is 6.33. The van der Waals surface area contributed by atoms with Gasteiger partial charge in [0.25, 0.3) is 0 Å². The average molecular weight is 416 g/mol. The van der Waals surface area contributed by atoms with Crippen LogP contribution < -0.4 is 5.32 Å². The Morgan fingerprint density at radius 3 is 2.59 bits per heavy atom. The van der Waals surface area contributed by atoms with Crippen molar-refractivity contribution in [3.63, 3.8) is 0 Å². The predicted molar refractivity (Wildman–Crippen MR) is 112 cm³/mol. The van der Waals surface area contributed by atoms with Crippen LogP contribution in [0.25, 0.3) is 0 Å². The van der Waals surface area contributed by atoms with E-state index in [9.17, 15) is 9.18 Å². The van der Waals surface area contributed by atoms with E-state index < -0.39 is 0 Å². The van der Waals surface area contributed by atoms with Crippen molar-refractivity contribution in [1.82, 2.24) is 15.2 Å². The van der Waals surface area contributed by atoms with Crippen molar-refractivity contribution in [2.45, 2.75) is 44.7 Å². The molecule has 0 unspecified atom stereocenters. The topological polar surface area (TPSA) is 45.2 Å². The number of halogens is 2. The van der Waals surface area contributed by atoms with E-state index in [-0.39, 0.29) is 23.7 Å². The van der Waals surface area contributed by atoms with Gasteiger partial charge in [0, 0.05) is 29.2 Å². The summed E-state index contributed by atoms with van der Waals surface area (Å²) in [4.78, 5) is 19.4. The van der Waals surface area contributed by atoms with Crippen molar-refractivity contribution in [2.24, 2.45) is 11.8 Å². The van der Waals surface area contributed by atoms with Crippen LogP contribution in [0.4, 0.5) is 4.39 Å². The second kappa shape index (κ2) is 9.23. The Morgan fingerprint density at radius 1 is 1.17 bits per heavy atom. The second-order valence-electron chi connectivity index (χ2n) is 8.18. The molecule has 1 N–H and O–H groups in total. The van der Waals surface area contributed by atoms with Gasteiger partial charge in [-0.25, -0.2) is 4.39 Å². The number of nitrogens with zero attached hydrogens (tertiary/aromatic N) is 2. The monoisotopic (exact) mass is 415 g/mol. The number of hydrogen-bond acceptors (Lipinski definition) is 3. The molecule has 2 fully saturated rings. The first-order valence-electron chi connectivity index (χ1n) is 10.5. The quantitative estimate of drug-likeness (QED) is 0.740. The van der Waals surface area contributed by atoms with Crippen LogP contribution in [0.5, 0.6) is 0 Å². The van der Waals surface area contributed by atoms with Gasteiger partial charge in [-0.1, -0.05) is 30.2 Å². The van der Waals surface area contributed by atoms with Crippen LogP contribution >= 0.6 is 11.6 Å². The van der Waals surface area contributed by atoms with E-state index in [1.165, 1.54) is 6.07 Å². The lowest BCUT2D eigenvalue weighted by atomic mass is 9.83. The third-order valence-corrected chi connectivity index (χ3v) is 6.68. The SMILES string of the molecule is O=C(N[C@H](c1ccccn1)C1CCN(Cc2c(F)cccc2Cl)CC1)C1CCC1. The van der Waals surface area contributed by atoms with E-state index in [4.69, 9.17) is 11.6 Å². The summed E-state index contributed by atoms with van der Waals surface area (Å²) in [7, 11) is 0. The largest absolute Gasteiger partial charge is 0.347 e. The van der Waals surface area contributed by atoms with E-state index in [2.05, 4.69) is 15.2 Å². The minimum absolute atomic E-state index is 0.0662. The number of carbonyl (C=O) groups is 1. The lowest BCUT2D eigenvalue weighted by molar-refractivity contribution is -0.128. The molecule has 1 saturated heterocycles. The van der Waals surface area contributed by atoms with E-state index >= 15 is 0 Å². The van der Waals surface area contributed by atoms with Gasteiger partial charge in [0.2, 0.25) is 5.91 Å². The van der Waals surface area contributed by atoms with Crippen LogP contribution in [0.2, 0.25) is 5.02 Å². The molecule has 2 heterocycles. The second-order valence-corrected chi connectivity index (χ2v) is 8.59. The van der Waals surface area contributed by atoms with Gasteiger partial charge >= 0.3 is 0 Å². The van der Waals surface area contributed by atoms with E-state index in [1.807, 2.05) is 18.2 Å². The highest BCUT2D eigenvalue weighted by molar-refractivity contribution is 6.31. The molecule has 2 aliphatic rings. The molecule has 1 atom stereocenters. The van der Waals surface area contributed by atoms with Gasteiger partial charge in [-0.05, 0) is 69.0 Å². The normalized spacial score (nSPS) is 19.5. The van der Waals surface area contributed by atoms with Crippen molar-refractivity contribution < 1.29 is 9.18 Å². The first kappa shape index (κ1) is 20.3. The lowest BCUT2D eigenvalue weighted by Gasteiger charge is -2.37. The minimum Gasteiger partial charge on any atom is -0.347 e. The third kappa shape index (κ3) is 4.78. The van der Waals surface area contributed by atoms with Crippen LogP contribution in [0.1, 0.15) is 49.4 Å². The van der Waals surface area contributed by atoms with Gasteiger partial charge in [0.1, 0.15) is 5.82 Å². The van der Waals surface area contributed by atoms with Gasteiger partial charge in [0.15, 0.2) is 0 Å². The summed E-state index contributed by atoms with van der Waals surface area (Å²) in [6, 6.07) is 10.6. The van der Waals surface area contributed by atoms with Gasteiger partial charge in [-0.2, -0.15) is 0 Å². The Balaban J connectivity index is 1.41. The molecule has 2 aromatic rings. The fourth-order valence-corrected chi connectivity index (χ4v) is 4.51. The fraction of sp³-hybridized carbons (Fsp3) is 0.478. The van der Waals surface area contributed by atoms with Crippen LogP contribution in [-0.4, -0.2) is 28.9 Å². The predicted octanol–water partition coefficient (Wildman–Crippen LogP) is 4.74. The number of likely N-dealkylation sites (tertiary alicyclic amines) is 1. The Hall–Kier alpha value is -1.98. The molecule has 29 heavy (non-hydrogen) atoms. The minimum atomic E-state index is -0.251. The summed E-state index contributed by atoms with van der Waals surface area (Å²) in [5, 5.41) is 3.76. The zero-order valence-electron chi connectivity index (χ0n) is 16.5. The Morgan fingerprint density at radius 2 is 1.97 bits per heavy atom. The highest BCUT2D eigenvalue weighted by Crippen LogP contribution is 2.33. The highest BCUT2D eigenvalue weighted by atomic mass is 35.5. The first-order valence-corrected chi connectivity index (χ1v) is 10.9. The number of amides is 1. The molecule has 1 aliphatic carbocycles. The summed E-state index contributed by atoms with van der Waals surface area (Å²) in [5.41, 5.74) is 1.49. The zero-order chi connectivity index (χ0) is 20.2. The zero-order valence-corrected chi connectivity index (χ0v) is 17.2. The number of nitrogens with one attached hydrogen (secondary N) is 1. The summed E-state index contributed by atoms with van der Waals surface area (Å²) in [6.45, 7) is 2.21. The molecule has 1 amide bonds. The molecule has 1 aromatic carbocycles. The van der Waals surface area contributed by atoms with Crippen LogP contribution in [-0.2, 0) is 11.3 Å². The summed E-state index contributed by atoms with van der Waals surface area (Å²) >= 11 is 6.19. The molecule has 6 heteroatoms. The van der Waals surface area contributed by atoms with Gasteiger partial charge < -0.3 is 5.32 Å². The summed E-state index contributed by atoms with van der Waals surface area (Å²) < 4.78 is 14.1. The molecule has 1 aromatic heterocycles. The Bertz CT molecular complexity index is 815. The standard InChI is InChI=1S/C23H27ClFN3O/c24-19-7-4-8-20(25)18(19)15-28-13-10-16(11-14-28)22(21-9-1-2-12-26-21)27-23(29)17-5-3-6-17/h1-2,4,7-9,12,16-17,22H,3,5-6,10-11,13-15H2,(H,27,29)/t22-/m0/s1. The molecule has 0 radical (unpaired) electrons. The van der Waals surface area contributed by atoms with E-state index in [0.29, 0.717) is 23.0 Å². The number of carbonyl (C=O) groups excluding carboxylic acids is 1. The molecule has 154 valence electrons.